The number of halogens is 3. The Bertz CT molecular complexity index is 285. The molecule has 0 fully saturated rings. The lowest BCUT2D eigenvalue weighted by molar-refractivity contribution is -0.186. The van der Waals surface area contributed by atoms with Gasteiger partial charge in [-0.25, -0.2) is 0 Å². The fourth-order valence-electron chi connectivity index (χ4n) is 0.740. The van der Waals surface area contributed by atoms with Crippen molar-refractivity contribution in [2.75, 3.05) is 13.4 Å². The van der Waals surface area contributed by atoms with E-state index in [-0.39, 0.29) is 0 Å². The summed E-state index contributed by atoms with van der Waals surface area (Å²) in [7, 11) is 1.67. The normalized spacial score (nSPS) is 11.7. The van der Waals surface area contributed by atoms with Crippen LogP contribution in [0.2, 0.25) is 0 Å². The van der Waals surface area contributed by atoms with Crippen LogP contribution in [-0.2, 0) is 11.8 Å². The molecule has 0 bridgehead atoms. The Morgan fingerprint density at radius 1 is 1.50 bits per heavy atom. The van der Waals surface area contributed by atoms with E-state index in [1.807, 2.05) is 0 Å². The summed E-state index contributed by atoms with van der Waals surface area (Å²) in [6.45, 7) is -1.75. The monoisotopic (exact) mass is 210 g/mol. The highest BCUT2D eigenvalue weighted by molar-refractivity contribution is 5.10. The van der Waals surface area contributed by atoms with Crippen LogP contribution in [0, 0.1) is 0 Å². The summed E-state index contributed by atoms with van der Waals surface area (Å²) in [5.74, 6) is 0.370. The SMILES string of the molecule is Cn1cc(OCOCC(F)(F)F)cn1. The van der Waals surface area contributed by atoms with Crippen molar-refractivity contribution in [1.29, 1.82) is 0 Å². The third kappa shape index (κ3) is 4.13. The van der Waals surface area contributed by atoms with Gasteiger partial charge in [0, 0.05) is 7.05 Å². The zero-order valence-electron chi connectivity index (χ0n) is 7.41. The zero-order chi connectivity index (χ0) is 10.6. The van der Waals surface area contributed by atoms with Gasteiger partial charge >= 0.3 is 6.18 Å². The van der Waals surface area contributed by atoms with Gasteiger partial charge in [0.1, 0.15) is 6.61 Å². The van der Waals surface area contributed by atoms with E-state index >= 15 is 0 Å². The molecule has 0 aliphatic rings. The number of aromatic nitrogens is 2. The van der Waals surface area contributed by atoms with E-state index in [2.05, 4.69) is 9.84 Å². The molecule has 0 amide bonds. The van der Waals surface area contributed by atoms with Gasteiger partial charge in [-0.05, 0) is 0 Å². The van der Waals surface area contributed by atoms with Gasteiger partial charge in [-0.2, -0.15) is 18.3 Å². The van der Waals surface area contributed by atoms with Crippen molar-refractivity contribution in [3.63, 3.8) is 0 Å². The first-order valence-electron chi connectivity index (χ1n) is 3.73. The molecule has 80 valence electrons. The van der Waals surface area contributed by atoms with Crippen LogP contribution in [0.25, 0.3) is 0 Å². The average molecular weight is 210 g/mol. The fourth-order valence-corrected chi connectivity index (χ4v) is 0.740. The summed E-state index contributed by atoms with van der Waals surface area (Å²) in [5, 5.41) is 3.76. The second kappa shape index (κ2) is 4.32. The Labute approximate surface area is 78.2 Å². The van der Waals surface area contributed by atoms with Crippen molar-refractivity contribution in [1.82, 2.24) is 9.78 Å². The standard InChI is InChI=1S/C7H9F3N2O2/c1-12-3-6(2-11-12)14-5-13-4-7(8,9)10/h2-3H,4-5H2,1H3. The highest BCUT2D eigenvalue weighted by atomic mass is 19.4. The lowest BCUT2D eigenvalue weighted by Gasteiger charge is -2.07. The Morgan fingerprint density at radius 2 is 2.21 bits per heavy atom. The topological polar surface area (TPSA) is 36.3 Å². The van der Waals surface area contributed by atoms with Crippen molar-refractivity contribution < 1.29 is 22.6 Å². The molecule has 0 saturated carbocycles. The first-order valence-corrected chi connectivity index (χ1v) is 3.73. The first kappa shape index (κ1) is 10.8. The second-order valence-corrected chi connectivity index (χ2v) is 2.58. The third-order valence-electron chi connectivity index (χ3n) is 1.26. The maximum absolute atomic E-state index is 11.6. The van der Waals surface area contributed by atoms with Gasteiger partial charge in [-0.15, -0.1) is 0 Å². The summed E-state index contributed by atoms with van der Waals surface area (Å²) in [6, 6.07) is 0. The molecular weight excluding hydrogens is 201 g/mol. The van der Waals surface area contributed by atoms with E-state index in [0.717, 1.165) is 0 Å². The molecular formula is C7H9F3N2O2. The van der Waals surface area contributed by atoms with E-state index in [4.69, 9.17) is 4.74 Å². The zero-order valence-corrected chi connectivity index (χ0v) is 7.41. The van der Waals surface area contributed by atoms with Crippen molar-refractivity contribution in [2.24, 2.45) is 7.05 Å². The van der Waals surface area contributed by atoms with Gasteiger partial charge in [0.05, 0.1) is 12.4 Å². The molecule has 0 aromatic carbocycles. The largest absolute Gasteiger partial charge is 0.464 e. The van der Waals surface area contributed by atoms with Crippen LogP contribution in [-0.4, -0.2) is 29.4 Å². The summed E-state index contributed by atoms with van der Waals surface area (Å²) < 4.78 is 45.3. The van der Waals surface area contributed by atoms with Crippen molar-refractivity contribution in [3.05, 3.63) is 12.4 Å². The predicted molar refractivity (Wildman–Crippen MR) is 40.7 cm³/mol. The molecule has 0 unspecified atom stereocenters. The van der Waals surface area contributed by atoms with Gasteiger partial charge in [-0.3, -0.25) is 4.68 Å². The number of hydrogen-bond donors (Lipinski definition) is 0. The molecule has 1 aromatic rings. The molecule has 0 aliphatic heterocycles. The maximum Gasteiger partial charge on any atom is 0.411 e. The second-order valence-electron chi connectivity index (χ2n) is 2.58. The fraction of sp³-hybridized carbons (Fsp3) is 0.571. The molecule has 0 atom stereocenters. The minimum atomic E-state index is -4.32. The number of aryl methyl sites for hydroxylation is 1. The summed E-state index contributed by atoms with van der Waals surface area (Å²) >= 11 is 0. The number of rotatable bonds is 4. The number of hydrogen-bond acceptors (Lipinski definition) is 3. The predicted octanol–water partition coefficient (Wildman–Crippen LogP) is 1.34. The Kier molecular flexibility index (Phi) is 3.34. The van der Waals surface area contributed by atoms with E-state index in [1.54, 1.807) is 7.05 Å². The lowest BCUT2D eigenvalue weighted by atomic mass is 10.7. The molecule has 0 N–H and O–H groups in total. The van der Waals surface area contributed by atoms with Crippen LogP contribution >= 0.6 is 0 Å². The molecule has 1 aromatic heterocycles. The van der Waals surface area contributed by atoms with E-state index < -0.39 is 19.6 Å². The summed E-state index contributed by atoms with van der Waals surface area (Å²) in [4.78, 5) is 0. The van der Waals surface area contributed by atoms with Crippen molar-refractivity contribution in [3.8, 4) is 5.75 Å². The van der Waals surface area contributed by atoms with E-state index in [0.29, 0.717) is 5.75 Å². The Balaban J connectivity index is 2.16. The van der Waals surface area contributed by atoms with Crippen LogP contribution in [0.5, 0.6) is 5.75 Å². The molecule has 1 rings (SSSR count). The van der Waals surface area contributed by atoms with Gasteiger partial charge in [0.2, 0.25) is 0 Å². The lowest BCUT2D eigenvalue weighted by Crippen LogP contribution is -2.18. The van der Waals surface area contributed by atoms with E-state index in [9.17, 15) is 13.2 Å². The highest BCUT2D eigenvalue weighted by Gasteiger charge is 2.27. The molecule has 0 saturated heterocycles. The Hall–Kier alpha value is -1.24. The van der Waals surface area contributed by atoms with E-state index in [1.165, 1.54) is 17.1 Å². The van der Waals surface area contributed by atoms with Gasteiger partial charge in [-0.1, -0.05) is 0 Å². The smallest absolute Gasteiger partial charge is 0.411 e. The Morgan fingerprint density at radius 3 is 2.71 bits per heavy atom. The number of nitrogens with zero attached hydrogens (tertiary/aromatic N) is 2. The average Bonchev–Trinajstić information content (AvgIpc) is 2.44. The van der Waals surface area contributed by atoms with Gasteiger partial charge in [0.25, 0.3) is 0 Å². The first-order chi connectivity index (χ1) is 6.47. The molecule has 1 heterocycles. The quantitative estimate of drug-likeness (QED) is 0.555. The molecule has 0 aliphatic carbocycles. The van der Waals surface area contributed by atoms with Crippen LogP contribution in [0.1, 0.15) is 0 Å². The minimum Gasteiger partial charge on any atom is -0.464 e. The third-order valence-corrected chi connectivity index (χ3v) is 1.26. The van der Waals surface area contributed by atoms with Crippen LogP contribution < -0.4 is 4.74 Å². The molecule has 14 heavy (non-hydrogen) atoms. The van der Waals surface area contributed by atoms with Crippen LogP contribution in [0.15, 0.2) is 12.4 Å². The van der Waals surface area contributed by atoms with Crippen molar-refractivity contribution in [2.45, 2.75) is 6.18 Å². The number of ether oxygens (including phenoxy) is 2. The van der Waals surface area contributed by atoms with Crippen LogP contribution in [0.4, 0.5) is 13.2 Å². The molecule has 0 radical (unpaired) electrons. The maximum atomic E-state index is 11.6. The minimum absolute atomic E-state index is 0.370. The van der Waals surface area contributed by atoms with Gasteiger partial charge in [0.15, 0.2) is 12.5 Å². The summed E-state index contributed by atoms with van der Waals surface area (Å²) in [6.07, 6.45) is -1.41. The van der Waals surface area contributed by atoms with Crippen molar-refractivity contribution >= 4 is 0 Å². The molecule has 4 nitrogen and oxygen atoms in total. The number of alkyl halides is 3. The molecule has 7 heteroatoms. The van der Waals surface area contributed by atoms with Gasteiger partial charge < -0.3 is 9.47 Å². The van der Waals surface area contributed by atoms with Crippen LogP contribution in [0.3, 0.4) is 0 Å². The highest BCUT2D eigenvalue weighted by Crippen LogP contribution is 2.14. The molecule has 0 spiro atoms. The summed E-state index contributed by atoms with van der Waals surface area (Å²) in [5.41, 5.74) is 0.